The summed E-state index contributed by atoms with van der Waals surface area (Å²) in [5, 5.41) is 2.64. The third-order valence-corrected chi connectivity index (χ3v) is 3.50. The summed E-state index contributed by atoms with van der Waals surface area (Å²) in [7, 11) is 0. The van der Waals surface area contributed by atoms with Gasteiger partial charge in [0, 0.05) is 18.5 Å². The number of ether oxygens (including phenoxy) is 1. The van der Waals surface area contributed by atoms with Crippen LogP contribution in [0.2, 0.25) is 0 Å². The van der Waals surface area contributed by atoms with Crippen molar-refractivity contribution < 1.29 is 9.53 Å². The minimum Gasteiger partial charge on any atom is -0.373 e. The predicted octanol–water partition coefficient (Wildman–Crippen LogP) is 0.853. The molecular weight excluding hydrogens is 238 g/mol. The number of thiazole rings is 1. The van der Waals surface area contributed by atoms with Crippen molar-refractivity contribution in [1.29, 1.82) is 0 Å². The zero-order valence-electron chi connectivity index (χ0n) is 10.1. The zero-order valence-corrected chi connectivity index (χ0v) is 10.9. The Hall–Kier alpha value is -0.980. The van der Waals surface area contributed by atoms with Gasteiger partial charge in [-0.2, -0.15) is 0 Å². The third-order valence-electron chi connectivity index (χ3n) is 2.67. The zero-order chi connectivity index (χ0) is 12.5. The molecule has 0 unspecified atom stereocenters. The predicted molar refractivity (Wildman–Crippen MR) is 65.9 cm³/mol. The highest BCUT2D eigenvalue weighted by atomic mass is 32.1. The molecule has 1 aliphatic rings. The molecule has 0 saturated carbocycles. The number of carbonyl (C=O) groups is 1. The van der Waals surface area contributed by atoms with Crippen molar-refractivity contribution in [1.82, 2.24) is 9.88 Å². The summed E-state index contributed by atoms with van der Waals surface area (Å²) in [6.07, 6.45) is 0. The van der Waals surface area contributed by atoms with E-state index in [-0.39, 0.29) is 5.60 Å². The molecule has 2 N–H and O–H groups in total. The fourth-order valence-electron chi connectivity index (χ4n) is 1.94. The summed E-state index contributed by atoms with van der Waals surface area (Å²) >= 11 is 1.48. The molecule has 1 amide bonds. The van der Waals surface area contributed by atoms with Crippen molar-refractivity contribution in [3.05, 3.63) is 16.1 Å². The summed E-state index contributed by atoms with van der Waals surface area (Å²) in [5.41, 5.74) is 5.42. The minimum atomic E-state index is -0.463. The third kappa shape index (κ3) is 3.24. The van der Waals surface area contributed by atoms with E-state index in [0.717, 1.165) is 31.2 Å². The van der Waals surface area contributed by atoms with Gasteiger partial charge in [-0.05, 0) is 13.8 Å². The first-order valence-corrected chi connectivity index (χ1v) is 6.45. The van der Waals surface area contributed by atoms with E-state index in [4.69, 9.17) is 10.5 Å². The van der Waals surface area contributed by atoms with Gasteiger partial charge in [0.25, 0.3) is 5.91 Å². The van der Waals surface area contributed by atoms with E-state index in [1.807, 2.05) is 0 Å². The van der Waals surface area contributed by atoms with E-state index < -0.39 is 5.91 Å². The van der Waals surface area contributed by atoms with Crippen LogP contribution in [0.3, 0.4) is 0 Å². The number of nitrogens with two attached hydrogens (primary N) is 1. The summed E-state index contributed by atoms with van der Waals surface area (Å²) in [5.74, 6) is -0.463. The Kier molecular flexibility index (Phi) is 3.46. The van der Waals surface area contributed by atoms with Crippen molar-refractivity contribution in [3.8, 4) is 0 Å². The van der Waals surface area contributed by atoms with E-state index in [9.17, 15) is 4.79 Å². The average molecular weight is 255 g/mol. The second kappa shape index (κ2) is 4.72. The van der Waals surface area contributed by atoms with Gasteiger partial charge in [0.1, 0.15) is 10.7 Å². The monoisotopic (exact) mass is 255 g/mol. The number of nitrogens with zero attached hydrogens (tertiary/aromatic N) is 2. The lowest BCUT2D eigenvalue weighted by atomic mass is 10.1. The largest absolute Gasteiger partial charge is 0.373 e. The number of carbonyl (C=O) groups excluding carboxylic acids is 1. The number of morpholine rings is 1. The van der Waals surface area contributed by atoms with E-state index in [1.165, 1.54) is 11.3 Å². The van der Waals surface area contributed by atoms with Crippen molar-refractivity contribution >= 4 is 17.2 Å². The Balaban J connectivity index is 1.98. The maximum atomic E-state index is 10.9. The molecule has 17 heavy (non-hydrogen) atoms. The Morgan fingerprint density at radius 1 is 1.71 bits per heavy atom. The molecule has 0 atom stereocenters. The second-order valence-electron chi connectivity index (χ2n) is 4.81. The van der Waals surface area contributed by atoms with Gasteiger partial charge >= 0.3 is 0 Å². The van der Waals surface area contributed by atoms with Crippen LogP contribution in [0.25, 0.3) is 0 Å². The highest BCUT2D eigenvalue weighted by Crippen LogP contribution is 2.19. The topological polar surface area (TPSA) is 68.5 Å². The Labute approximate surface area is 105 Å². The molecule has 1 aliphatic heterocycles. The average Bonchev–Trinajstić information content (AvgIpc) is 2.64. The molecule has 2 heterocycles. The molecule has 0 spiro atoms. The van der Waals surface area contributed by atoms with Gasteiger partial charge in [-0.3, -0.25) is 9.69 Å². The number of amides is 1. The quantitative estimate of drug-likeness (QED) is 0.869. The van der Waals surface area contributed by atoms with Crippen molar-refractivity contribution in [2.24, 2.45) is 5.73 Å². The molecule has 1 aromatic rings. The number of hydrogen-bond acceptors (Lipinski definition) is 5. The Morgan fingerprint density at radius 3 is 3.06 bits per heavy atom. The number of primary amides is 1. The Morgan fingerprint density at radius 2 is 2.47 bits per heavy atom. The van der Waals surface area contributed by atoms with Crippen LogP contribution in [0, 0.1) is 0 Å². The maximum absolute atomic E-state index is 10.9. The number of aromatic nitrogens is 1. The molecule has 1 fully saturated rings. The fraction of sp³-hybridized carbons (Fsp3) is 0.636. The summed E-state index contributed by atoms with van der Waals surface area (Å²) < 4.78 is 5.64. The summed E-state index contributed by atoms with van der Waals surface area (Å²) in [6, 6.07) is 0. The molecule has 2 rings (SSSR count). The standard InChI is InChI=1S/C11H17N3O2S/c1-11(2)7-14(3-4-16-11)5-9-13-8(6-17-9)10(12)15/h6H,3-5,7H2,1-2H3,(H2,12,15). The lowest BCUT2D eigenvalue weighted by Crippen LogP contribution is -2.47. The highest BCUT2D eigenvalue weighted by Gasteiger charge is 2.27. The number of hydrogen-bond donors (Lipinski definition) is 1. The van der Waals surface area contributed by atoms with Gasteiger partial charge in [-0.1, -0.05) is 0 Å². The second-order valence-corrected chi connectivity index (χ2v) is 5.75. The molecule has 0 aliphatic carbocycles. The van der Waals surface area contributed by atoms with E-state index >= 15 is 0 Å². The van der Waals surface area contributed by atoms with Crippen molar-refractivity contribution in [3.63, 3.8) is 0 Å². The molecular formula is C11H17N3O2S. The van der Waals surface area contributed by atoms with Crippen LogP contribution in [0.5, 0.6) is 0 Å². The Bertz CT molecular complexity index is 417. The molecule has 0 aromatic carbocycles. The first-order valence-electron chi connectivity index (χ1n) is 5.57. The van der Waals surface area contributed by atoms with Crippen LogP contribution in [0.15, 0.2) is 5.38 Å². The molecule has 0 radical (unpaired) electrons. The normalized spacial score (nSPS) is 20.4. The van der Waals surface area contributed by atoms with E-state index in [1.54, 1.807) is 5.38 Å². The minimum absolute atomic E-state index is 0.109. The van der Waals surface area contributed by atoms with Gasteiger partial charge in [0.2, 0.25) is 0 Å². The van der Waals surface area contributed by atoms with E-state index in [2.05, 4.69) is 23.7 Å². The van der Waals surface area contributed by atoms with Crippen LogP contribution in [-0.4, -0.2) is 41.1 Å². The summed E-state index contributed by atoms with van der Waals surface area (Å²) in [6.45, 7) is 7.42. The lowest BCUT2D eigenvalue weighted by molar-refractivity contribution is -0.0882. The van der Waals surface area contributed by atoms with Crippen LogP contribution in [-0.2, 0) is 11.3 Å². The molecule has 6 heteroatoms. The van der Waals surface area contributed by atoms with Crippen molar-refractivity contribution in [2.45, 2.75) is 26.0 Å². The van der Waals surface area contributed by atoms with Gasteiger partial charge in [-0.25, -0.2) is 4.98 Å². The molecule has 0 bridgehead atoms. The van der Waals surface area contributed by atoms with Gasteiger partial charge in [0.05, 0.1) is 18.8 Å². The SMILES string of the molecule is CC1(C)CN(Cc2nc(C(N)=O)cs2)CCO1. The van der Waals surface area contributed by atoms with Crippen LogP contribution in [0.1, 0.15) is 29.3 Å². The molecule has 1 aromatic heterocycles. The molecule has 1 saturated heterocycles. The fourth-order valence-corrected chi connectivity index (χ4v) is 2.76. The van der Waals surface area contributed by atoms with Gasteiger partial charge in [0.15, 0.2) is 0 Å². The van der Waals surface area contributed by atoms with Crippen LogP contribution in [0.4, 0.5) is 0 Å². The molecule has 94 valence electrons. The van der Waals surface area contributed by atoms with Gasteiger partial charge < -0.3 is 10.5 Å². The van der Waals surface area contributed by atoms with Crippen LogP contribution >= 0.6 is 11.3 Å². The smallest absolute Gasteiger partial charge is 0.268 e. The first-order chi connectivity index (χ1) is 7.96. The first kappa shape index (κ1) is 12.5. The highest BCUT2D eigenvalue weighted by molar-refractivity contribution is 7.09. The maximum Gasteiger partial charge on any atom is 0.268 e. The number of rotatable bonds is 3. The van der Waals surface area contributed by atoms with Gasteiger partial charge in [-0.15, -0.1) is 11.3 Å². The van der Waals surface area contributed by atoms with Crippen LogP contribution < -0.4 is 5.73 Å². The van der Waals surface area contributed by atoms with E-state index in [0.29, 0.717) is 5.69 Å². The lowest BCUT2D eigenvalue weighted by Gasteiger charge is -2.37. The van der Waals surface area contributed by atoms with Crippen molar-refractivity contribution in [2.75, 3.05) is 19.7 Å². The molecule has 5 nitrogen and oxygen atoms in total. The summed E-state index contributed by atoms with van der Waals surface area (Å²) in [4.78, 5) is 17.4.